The maximum Gasteiger partial charge on any atom is 1.00 e. The van der Waals surface area contributed by atoms with Gasteiger partial charge in [0.25, 0.3) is 6.47 Å². The molecular weight excluding hydrogens is 1010 g/mol. The molecule has 9 nitrogen and oxygen atoms in total. The van der Waals surface area contributed by atoms with Crippen molar-refractivity contribution in [1.29, 1.82) is 0 Å². The summed E-state index contributed by atoms with van der Waals surface area (Å²) in [5.74, 6) is 1.70. The standard InChI is InChI=1S/C21H21ClF3NO2.C13H16F3NO.C8H6BrClO.CH2O3.CH4.2K.H/c22-18-7-3-16(4-8-18)20(27)13-26-11-1-2-15(12-26)14-28-19-9-5-17(6-10-19)21(23,24)25;14-13(15,16)11-3-5-12(6-4-11)18-9-10-2-1-7-17-8-10;9-5-8(11)6-1-3-7(10)4-2-6;2-1-4-3;;;;/h3-10,15H,1-2,11-14H2;3-6,10,17H,1-2,7-9H2;1-4H,5H2;1,3H;1H4;;;/q;;;;;2*+1;-1/p-1. The Bertz CT molecular complexity index is 1920. The first-order chi connectivity index (χ1) is 29.0. The number of alkyl halides is 7. The van der Waals surface area contributed by atoms with E-state index in [-0.39, 0.29) is 136 Å². The van der Waals surface area contributed by atoms with Crippen LogP contribution in [0.1, 0.15) is 66.4 Å². The monoisotopic (exact) mass is 1060 g/mol. The zero-order chi connectivity index (χ0) is 44.8. The molecule has 4 aromatic carbocycles. The van der Waals surface area contributed by atoms with Gasteiger partial charge in [-0.1, -0.05) is 46.6 Å². The van der Waals surface area contributed by atoms with Gasteiger partial charge in [-0.15, -0.1) is 0 Å². The van der Waals surface area contributed by atoms with E-state index in [1.807, 2.05) is 0 Å². The number of ether oxygens (including phenoxy) is 2. The molecule has 20 heteroatoms. The van der Waals surface area contributed by atoms with Crippen LogP contribution < -0.4 is 123 Å². The summed E-state index contributed by atoms with van der Waals surface area (Å²) in [5, 5.41) is 13.3. The van der Waals surface area contributed by atoms with Gasteiger partial charge in [0.1, 0.15) is 11.5 Å². The summed E-state index contributed by atoms with van der Waals surface area (Å²) in [6.07, 6.45) is -4.49. The molecule has 6 rings (SSSR count). The van der Waals surface area contributed by atoms with E-state index in [9.17, 15) is 35.9 Å². The Labute approximate surface area is 475 Å². The first kappa shape index (κ1) is 63.1. The van der Waals surface area contributed by atoms with Crippen LogP contribution in [0.4, 0.5) is 26.3 Å². The topological polar surface area (TPSA) is 117 Å². The van der Waals surface area contributed by atoms with E-state index in [0.29, 0.717) is 63.7 Å². The smallest absolute Gasteiger partial charge is 1.00 e. The van der Waals surface area contributed by atoms with Crippen LogP contribution in [-0.2, 0) is 22.0 Å². The summed E-state index contributed by atoms with van der Waals surface area (Å²) in [7, 11) is 0. The molecular formula is C44H49BrCl2F6K2N2O7. The first-order valence-electron chi connectivity index (χ1n) is 18.9. The average Bonchev–Trinajstić information content (AvgIpc) is 3.26. The Kier molecular flexibility index (Phi) is 33.1. The third-order valence-electron chi connectivity index (χ3n) is 9.20. The number of halogens is 9. The number of Topliss-reactive ketones (excluding diaryl/α,β-unsaturated/α-hetero) is 2. The third-order valence-corrected chi connectivity index (χ3v) is 10.2. The minimum absolute atomic E-state index is 0. The minimum atomic E-state index is -4.35. The second kappa shape index (κ2) is 33.6. The van der Waals surface area contributed by atoms with Gasteiger partial charge in [0.15, 0.2) is 11.6 Å². The summed E-state index contributed by atoms with van der Waals surface area (Å²) in [6.45, 7) is 4.64. The van der Waals surface area contributed by atoms with Crippen molar-refractivity contribution in [3.8, 4) is 11.5 Å². The van der Waals surface area contributed by atoms with Crippen LogP contribution in [0.3, 0.4) is 0 Å². The van der Waals surface area contributed by atoms with Gasteiger partial charge in [0, 0.05) is 46.1 Å². The van der Waals surface area contributed by atoms with Gasteiger partial charge in [-0.25, -0.2) is 0 Å². The minimum Gasteiger partial charge on any atom is -1.00 e. The molecule has 2 saturated heterocycles. The second-order valence-electron chi connectivity index (χ2n) is 13.8. The van der Waals surface area contributed by atoms with E-state index in [2.05, 4.69) is 31.0 Å². The van der Waals surface area contributed by atoms with E-state index in [1.165, 1.54) is 24.3 Å². The molecule has 4 aromatic rings. The predicted molar refractivity (Wildman–Crippen MR) is 229 cm³/mol. The number of carbonyl (C=O) groups is 3. The van der Waals surface area contributed by atoms with Crippen molar-refractivity contribution in [2.75, 3.05) is 51.3 Å². The Hall–Kier alpha value is -0.917. The van der Waals surface area contributed by atoms with Crippen LogP contribution >= 0.6 is 39.1 Å². The third kappa shape index (κ3) is 24.9. The Morgan fingerprint density at radius 3 is 1.55 bits per heavy atom. The largest absolute Gasteiger partial charge is 1.00 e. The number of hydrogen-bond donors (Lipinski definition) is 1. The molecule has 0 spiro atoms. The Morgan fingerprint density at radius 2 is 1.16 bits per heavy atom. The summed E-state index contributed by atoms with van der Waals surface area (Å²) in [5.41, 5.74) is -0.0163. The van der Waals surface area contributed by atoms with Crippen LogP contribution in [0.25, 0.3) is 0 Å². The van der Waals surface area contributed by atoms with Gasteiger partial charge in [-0.3, -0.25) is 19.3 Å². The molecule has 0 amide bonds. The Balaban J connectivity index is 0. The van der Waals surface area contributed by atoms with E-state index in [4.69, 9.17) is 42.7 Å². The summed E-state index contributed by atoms with van der Waals surface area (Å²) in [4.78, 5) is 36.8. The molecule has 2 atom stereocenters. The zero-order valence-electron chi connectivity index (χ0n) is 35.7. The van der Waals surface area contributed by atoms with E-state index < -0.39 is 23.5 Å². The Morgan fingerprint density at radius 1 is 0.734 bits per heavy atom. The van der Waals surface area contributed by atoms with E-state index >= 15 is 0 Å². The number of nitrogens with zero attached hydrogens (tertiary/aromatic N) is 1. The molecule has 2 heterocycles. The molecule has 64 heavy (non-hydrogen) atoms. The van der Waals surface area contributed by atoms with Crippen LogP contribution in [-0.4, -0.2) is 74.2 Å². The summed E-state index contributed by atoms with van der Waals surface area (Å²) < 4.78 is 86.0. The van der Waals surface area contributed by atoms with Gasteiger partial charge in [0.2, 0.25) is 0 Å². The SMILES string of the molecule is C.FC(F)(F)c1ccc(OCC2CCCNC2)cc1.O=C(CBr)c1ccc(Cl)cc1.O=C(CN1CCCC(COc2ccc(C(F)(F)F)cc2)C1)c1ccc(Cl)cc1.O=CO[O-].[H-].[K+].[K+]. The number of rotatable bonds is 12. The number of piperidine rings is 2. The maximum atomic E-state index is 12.6. The molecule has 2 aliphatic rings. The van der Waals surface area contributed by atoms with Gasteiger partial charge in [-0.2, -0.15) is 26.3 Å². The number of hydrogen-bond acceptors (Lipinski definition) is 9. The second-order valence-corrected chi connectivity index (χ2v) is 15.2. The fourth-order valence-electron chi connectivity index (χ4n) is 6.05. The van der Waals surface area contributed by atoms with Gasteiger partial charge in [-0.05, 0) is 136 Å². The van der Waals surface area contributed by atoms with Crippen molar-refractivity contribution in [3.05, 3.63) is 129 Å². The fraction of sp³-hybridized carbons (Fsp3) is 0.386. The van der Waals surface area contributed by atoms with Crippen molar-refractivity contribution >= 4 is 57.2 Å². The molecule has 0 saturated carbocycles. The number of ketones is 2. The van der Waals surface area contributed by atoms with Crippen molar-refractivity contribution < 1.29 is 165 Å². The summed E-state index contributed by atoms with van der Waals surface area (Å²) in [6, 6.07) is 23.3. The number of nitrogens with one attached hydrogen (secondary N) is 1. The number of benzene rings is 4. The zero-order valence-corrected chi connectivity index (χ0v) is 44.0. The molecule has 1 N–H and O–H groups in total. The van der Waals surface area contributed by atoms with Gasteiger partial charge >= 0.3 is 115 Å². The maximum absolute atomic E-state index is 12.6. The number of likely N-dealkylation sites (tertiary alicyclic amines) is 1. The van der Waals surface area contributed by atoms with Crippen LogP contribution in [0.5, 0.6) is 11.5 Å². The molecule has 342 valence electrons. The molecule has 2 aliphatic heterocycles. The van der Waals surface area contributed by atoms with Crippen molar-refractivity contribution in [2.45, 2.75) is 45.5 Å². The van der Waals surface area contributed by atoms with Gasteiger partial charge < -0.3 is 26.4 Å². The summed E-state index contributed by atoms with van der Waals surface area (Å²) >= 11 is 14.6. The normalized spacial score (nSPS) is 15.7. The van der Waals surface area contributed by atoms with Gasteiger partial charge in [0.05, 0.1) is 36.2 Å². The van der Waals surface area contributed by atoms with Crippen LogP contribution in [0, 0.1) is 11.8 Å². The quantitative estimate of drug-likeness (QED) is 0.0416. The molecule has 0 aromatic heterocycles. The van der Waals surface area contributed by atoms with Crippen molar-refractivity contribution in [1.82, 2.24) is 10.2 Å². The molecule has 0 aliphatic carbocycles. The molecule has 2 unspecified atom stereocenters. The average molecular weight is 1060 g/mol. The van der Waals surface area contributed by atoms with E-state index in [1.54, 1.807) is 48.5 Å². The van der Waals surface area contributed by atoms with E-state index in [0.717, 1.165) is 76.1 Å². The van der Waals surface area contributed by atoms with Crippen molar-refractivity contribution in [2.24, 2.45) is 11.8 Å². The fourth-order valence-corrected chi connectivity index (χ4v) is 6.62. The molecule has 2 fully saturated rings. The van der Waals surface area contributed by atoms with Crippen molar-refractivity contribution in [3.63, 3.8) is 0 Å². The van der Waals surface area contributed by atoms with Crippen LogP contribution in [0.15, 0.2) is 97.1 Å². The number of carbonyl (C=O) groups excluding carboxylic acids is 3. The molecule has 0 bridgehead atoms. The first-order valence-corrected chi connectivity index (χ1v) is 20.8. The predicted octanol–water partition coefficient (Wildman–Crippen LogP) is 4.53. The van der Waals surface area contributed by atoms with Crippen LogP contribution in [0.2, 0.25) is 10.0 Å². The molecule has 0 radical (unpaired) electrons.